The molecule has 1 aliphatic rings. The van der Waals surface area contributed by atoms with Gasteiger partial charge in [-0.05, 0) is 30.4 Å². The highest BCUT2D eigenvalue weighted by Gasteiger charge is 2.31. The Morgan fingerprint density at radius 2 is 2.28 bits per heavy atom. The van der Waals surface area contributed by atoms with Gasteiger partial charge in [-0.2, -0.15) is 0 Å². The molecule has 1 fully saturated rings. The van der Waals surface area contributed by atoms with E-state index in [0.717, 1.165) is 12.1 Å². The fraction of sp³-hybridized carbons (Fsp3) is 0.600. The van der Waals surface area contributed by atoms with E-state index in [9.17, 15) is 4.79 Å². The quantitative estimate of drug-likeness (QED) is 0.885. The van der Waals surface area contributed by atoms with Crippen molar-refractivity contribution < 1.29 is 9.90 Å². The molecule has 3 unspecified atom stereocenters. The van der Waals surface area contributed by atoms with Crippen LogP contribution in [-0.2, 0) is 0 Å². The Morgan fingerprint density at radius 1 is 1.50 bits per heavy atom. The molecule has 3 heteroatoms. The molecule has 2 rings (SSSR count). The van der Waals surface area contributed by atoms with Gasteiger partial charge >= 0.3 is 5.97 Å². The summed E-state index contributed by atoms with van der Waals surface area (Å²) in [4.78, 5) is 15.5. The number of pyridine rings is 1. The molecule has 18 heavy (non-hydrogen) atoms. The molecule has 1 N–H and O–H groups in total. The largest absolute Gasteiger partial charge is 0.478 e. The zero-order chi connectivity index (χ0) is 13.1. The highest BCUT2D eigenvalue weighted by Crippen LogP contribution is 2.42. The normalized spacial score (nSPS) is 28.0. The molecule has 1 aromatic heterocycles. The van der Waals surface area contributed by atoms with Gasteiger partial charge in [0.2, 0.25) is 0 Å². The summed E-state index contributed by atoms with van der Waals surface area (Å²) in [6.45, 7) is 4.48. The third kappa shape index (κ3) is 2.55. The molecule has 1 saturated carbocycles. The third-order valence-electron chi connectivity index (χ3n) is 4.25. The average Bonchev–Trinajstić information content (AvgIpc) is 2.38. The molecule has 0 bridgehead atoms. The van der Waals surface area contributed by atoms with Crippen LogP contribution in [0.2, 0.25) is 0 Å². The van der Waals surface area contributed by atoms with Crippen LogP contribution in [0.1, 0.15) is 61.5 Å². The molecule has 0 aromatic carbocycles. The summed E-state index contributed by atoms with van der Waals surface area (Å²) >= 11 is 0. The molecular weight excluding hydrogens is 226 g/mol. The van der Waals surface area contributed by atoms with Crippen LogP contribution in [0.3, 0.4) is 0 Å². The number of hydrogen-bond acceptors (Lipinski definition) is 2. The number of rotatable bonds is 3. The maximum atomic E-state index is 11.0. The molecule has 3 nitrogen and oxygen atoms in total. The van der Waals surface area contributed by atoms with Crippen molar-refractivity contribution in [3.05, 3.63) is 29.6 Å². The number of carbonyl (C=O) groups is 1. The first-order chi connectivity index (χ1) is 8.63. The lowest BCUT2D eigenvalue weighted by molar-refractivity contribution is 0.0696. The molecule has 0 spiro atoms. The highest BCUT2D eigenvalue weighted by atomic mass is 16.4. The lowest BCUT2D eigenvalue weighted by Crippen LogP contribution is -2.25. The Morgan fingerprint density at radius 3 is 2.94 bits per heavy atom. The molecule has 0 amide bonds. The minimum Gasteiger partial charge on any atom is -0.478 e. The van der Waals surface area contributed by atoms with Crippen molar-refractivity contribution in [3.63, 3.8) is 0 Å². The second-order valence-corrected chi connectivity index (χ2v) is 5.38. The van der Waals surface area contributed by atoms with Gasteiger partial charge < -0.3 is 5.11 Å². The zero-order valence-corrected chi connectivity index (χ0v) is 11.1. The van der Waals surface area contributed by atoms with Crippen LogP contribution in [0.15, 0.2) is 18.3 Å². The zero-order valence-electron chi connectivity index (χ0n) is 11.1. The first kappa shape index (κ1) is 13.1. The fourth-order valence-corrected chi connectivity index (χ4v) is 3.28. The van der Waals surface area contributed by atoms with E-state index in [1.807, 2.05) is 0 Å². The van der Waals surface area contributed by atoms with E-state index < -0.39 is 5.97 Å². The molecule has 0 aliphatic heterocycles. The Hall–Kier alpha value is -1.38. The molecule has 0 saturated heterocycles. The summed E-state index contributed by atoms with van der Waals surface area (Å²) in [5.41, 5.74) is 1.32. The molecule has 0 radical (unpaired) electrons. The summed E-state index contributed by atoms with van der Waals surface area (Å²) in [7, 11) is 0. The van der Waals surface area contributed by atoms with Gasteiger partial charge in [-0.1, -0.05) is 33.1 Å². The Labute approximate surface area is 108 Å². The van der Waals surface area contributed by atoms with Crippen molar-refractivity contribution in [2.45, 2.75) is 45.4 Å². The topological polar surface area (TPSA) is 50.2 Å². The van der Waals surface area contributed by atoms with Gasteiger partial charge in [-0.3, -0.25) is 4.98 Å². The van der Waals surface area contributed by atoms with Crippen LogP contribution in [0.4, 0.5) is 0 Å². The smallest absolute Gasteiger partial charge is 0.335 e. The van der Waals surface area contributed by atoms with E-state index in [1.54, 1.807) is 18.3 Å². The number of nitrogens with zero attached hydrogens (tertiary/aromatic N) is 1. The van der Waals surface area contributed by atoms with Gasteiger partial charge in [0.05, 0.1) is 5.56 Å². The van der Waals surface area contributed by atoms with Gasteiger partial charge in [0.15, 0.2) is 0 Å². The van der Waals surface area contributed by atoms with Gasteiger partial charge in [0, 0.05) is 17.8 Å². The maximum Gasteiger partial charge on any atom is 0.335 e. The molecule has 3 atom stereocenters. The van der Waals surface area contributed by atoms with Crippen LogP contribution in [0.5, 0.6) is 0 Å². The minimum absolute atomic E-state index is 0.354. The van der Waals surface area contributed by atoms with E-state index in [2.05, 4.69) is 18.8 Å². The van der Waals surface area contributed by atoms with E-state index in [-0.39, 0.29) is 0 Å². The predicted molar refractivity (Wildman–Crippen MR) is 70.7 cm³/mol. The first-order valence-corrected chi connectivity index (χ1v) is 6.82. The van der Waals surface area contributed by atoms with Crippen molar-refractivity contribution in [1.29, 1.82) is 0 Å². The van der Waals surface area contributed by atoms with E-state index >= 15 is 0 Å². The molecule has 1 aromatic rings. The van der Waals surface area contributed by atoms with Crippen LogP contribution in [0.25, 0.3) is 0 Å². The lowest BCUT2D eigenvalue weighted by Gasteiger charge is -2.35. The molecule has 1 aliphatic carbocycles. The van der Waals surface area contributed by atoms with Gasteiger partial charge in [-0.15, -0.1) is 0 Å². The summed E-state index contributed by atoms with van der Waals surface area (Å²) < 4.78 is 0. The van der Waals surface area contributed by atoms with Crippen LogP contribution >= 0.6 is 0 Å². The maximum absolute atomic E-state index is 11.0. The monoisotopic (exact) mass is 247 g/mol. The second-order valence-electron chi connectivity index (χ2n) is 5.38. The summed E-state index contributed by atoms with van der Waals surface area (Å²) in [6.07, 6.45) is 6.53. The van der Waals surface area contributed by atoms with E-state index in [4.69, 9.17) is 5.11 Å². The standard InChI is InChI=1S/C15H21NO2/c1-3-11-6-4-5-10(2)14(11)13-9-12(15(17)18)7-8-16-13/h7-11,14H,3-6H2,1-2H3,(H,17,18). The number of hydrogen-bond donors (Lipinski definition) is 1. The van der Waals surface area contributed by atoms with Crippen LogP contribution < -0.4 is 0 Å². The molecular formula is C15H21NO2. The van der Waals surface area contributed by atoms with Crippen LogP contribution in [-0.4, -0.2) is 16.1 Å². The van der Waals surface area contributed by atoms with Crippen molar-refractivity contribution in [2.75, 3.05) is 0 Å². The minimum atomic E-state index is -0.866. The SMILES string of the molecule is CCC1CCCC(C)C1c1cc(C(=O)O)ccn1. The van der Waals surface area contributed by atoms with Gasteiger partial charge in [0.25, 0.3) is 0 Å². The summed E-state index contributed by atoms with van der Waals surface area (Å²) in [6, 6.07) is 3.33. The number of aromatic nitrogens is 1. The van der Waals surface area contributed by atoms with Gasteiger partial charge in [0.1, 0.15) is 0 Å². The van der Waals surface area contributed by atoms with Crippen molar-refractivity contribution >= 4 is 5.97 Å². The van der Waals surface area contributed by atoms with E-state index in [0.29, 0.717) is 23.3 Å². The van der Waals surface area contributed by atoms with Crippen molar-refractivity contribution in [1.82, 2.24) is 4.98 Å². The van der Waals surface area contributed by atoms with Crippen molar-refractivity contribution in [3.8, 4) is 0 Å². The third-order valence-corrected chi connectivity index (χ3v) is 4.25. The number of carboxylic acid groups (broad SMARTS) is 1. The van der Waals surface area contributed by atoms with Crippen LogP contribution in [0, 0.1) is 11.8 Å². The Balaban J connectivity index is 2.32. The molecule has 98 valence electrons. The number of carboxylic acids is 1. The summed E-state index contributed by atoms with van der Waals surface area (Å²) in [5.74, 6) is 0.795. The second kappa shape index (κ2) is 5.51. The lowest BCUT2D eigenvalue weighted by atomic mass is 9.70. The first-order valence-electron chi connectivity index (χ1n) is 6.82. The number of aromatic carboxylic acids is 1. The highest BCUT2D eigenvalue weighted by molar-refractivity contribution is 5.87. The fourth-order valence-electron chi connectivity index (χ4n) is 3.28. The van der Waals surface area contributed by atoms with Crippen molar-refractivity contribution in [2.24, 2.45) is 11.8 Å². The summed E-state index contributed by atoms with van der Waals surface area (Å²) in [5, 5.41) is 9.07. The van der Waals surface area contributed by atoms with E-state index in [1.165, 1.54) is 19.3 Å². The Kier molecular flexibility index (Phi) is 4.00. The predicted octanol–water partition coefficient (Wildman–Crippen LogP) is 3.71. The Bertz CT molecular complexity index is 430. The average molecular weight is 247 g/mol. The molecule has 1 heterocycles. The van der Waals surface area contributed by atoms with Gasteiger partial charge in [-0.25, -0.2) is 4.79 Å².